The maximum Gasteiger partial charge on any atom is 0.0934 e. The van der Waals surface area contributed by atoms with E-state index in [1.54, 1.807) is 11.3 Å². The summed E-state index contributed by atoms with van der Waals surface area (Å²) in [5, 5.41) is 3.63. The van der Waals surface area contributed by atoms with Gasteiger partial charge in [0.05, 0.1) is 4.34 Å². The molecule has 2 nitrogen and oxygen atoms in total. The van der Waals surface area contributed by atoms with Crippen LogP contribution in [0.3, 0.4) is 0 Å². The Labute approximate surface area is 116 Å². The fourth-order valence-electron chi connectivity index (χ4n) is 2.48. The molecule has 0 amide bonds. The van der Waals surface area contributed by atoms with Crippen molar-refractivity contribution in [3.05, 3.63) is 50.4 Å². The largest absolute Gasteiger partial charge is 0.306 e. The molecule has 0 aliphatic heterocycles. The predicted octanol–water partition coefficient (Wildman–Crippen LogP) is 3.88. The SMILES string of the molecule is Cc1cnccc1CNC1CCc2sc(Cl)cc21. The normalized spacial score (nSPS) is 18.0. The van der Waals surface area contributed by atoms with E-state index in [0.717, 1.165) is 17.3 Å². The monoisotopic (exact) mass is 278 g/mol. The Morgan fingerprint density at radius 2 is 2.44 bits per heavy atom. The first kappa shape index (κ1) is 12.2. The summed E-state index contributed by atoms with van der Waals surface area (Å²) in [6, 6.07) is 4.65. The van der Waals surface area contributed by atoms with E-state index < -0.39 is 0 Å². The van der Waals surface area contributed by atoms with Crippen LogP contribution in [-0.4, -0.2) is 4.98 Å². The minimum Gasteiger partial charge on any atom is -0.306 e. The average molecular weight is 279 g/mol. The molecule has 0 aromatic carbocycles. The second-order valence-electron chi connectivity index (χ2n) is 4.70. The quantitative estimate of drug-likeness (QED) is 0.922. The second kappa shape index (κ2) is 5.00. The van der Waals surface area contributed by atoms with Crippen LogP contribution in [0.4, 0.5) is 0 Å². The Balaban J connectivity index is 1.70. The fourth-order valence-corrected chi connectivity index (χ4v) is 3.83. The van der Waals surface area contributed by atoms with Gasteiger partial charge in [-0.3, -0.25) is 4.98 Å². The molecular weight excluding hydrogens is 264 g/mol. The Morgan fingerprint density at radius 1 is 1.56 bits per heavy atom. The van der Waals surface area contributed by atoms with Crippen molar-refractivity contribution in [1.29, 1.82) is 0 Å². The van der Waals surface area contributed by atoms with Gasteiger partial charge in [-0.2, -0.15) is 0 Å². The molecule has 0 radical (unpaired) electrons. The predicted molar refractivity (Wildman–Crippen MR) is 76.2 cm³/mol. The van der Waals surface area contributed by atoms with E-state index >= 15 is 0 Å². The van der Waals surface area contributed by atoms with Gasteiger partial charge in [0.2, 0.25) is 0 Å². The van der Waals surface area contributed by atoms with Gasteiger partial charge in [0.25, 0.3) is 0 Å². The molecule has 1 N–H and O–H groups in total. The third kappa shape index (κ3) is 2.30. The first-order valence-electron chi connectivity index (χ1n) is 6.15. The molecule has 0 spiro atoms. The number of aryl methyl sites for hydroxylation is 2. The van der Waals surface area contributed by atoms with Crippen LogP contribution in [0.15, 0.2) is 24.5 Å². The van der Waals surface area contributed by atoms with Gasteiger partial charge in [0.15, 0.2) is 0 Å². The Morgan fingerprint density at radius 3 is 3.28 bits per heavy atom. The highest BCUT2D eigenvalue weighted by atomic mass is 35.5. The van der Waals surface area contributed by atoms with Crippen molar-refractivity contribution < 1.29 is 0 Å². The van der Waals surface area contributed by atoms with Crippen molar-refractivity contribution in [2.75, 3.05) is 0 Å². The maximum absolute atomic E-state index is 6.07. The zero-order chi connectivity index (χ0) is 12.5. The summed E-state index contributed by atoms with van der Waals surface area (Å²) in [5.74, 6) is 0. The standard InChI is InChI=1S/C14H15ClN2S/c1-9-7-16-5-4-10(9)8-17-12-2-3-13-11(12)6-14(15)18-13/h4-7,12,17H,2-3,8H2,1H3. The molecule has 0 fully saturated rings. The number of halogens is 1. The van der Waals surface area contributed by atoms with Gasteiger partial charge in [-0.15, -0.1) is 11.3 Å². The summed E-state index contributed by atoms with van der Waals surface area (Å²) < 4.78 is 0.909. The van der Waals surface area contributed by atoms with Crippen LogP contribution in [0.25, 0.3) is 0 Å². The minimum atomic E-state index is 0.455. The van der Waals surface area contributed by atoms with Crippen LogP contribution in [0.5, 0.6) is 0 Å². The van der Waals surface area contributed by atoms with Crippen molar-refractivity contribution in [1.82, 2.24) is 10.3 Å². The topological polar surface area (TPSA) is 24.9 Å². The summed E-state index contributed by atoms with van der Waals surface area (Å²) in [6.45, 7) is 3.00. The minimum absolute atomic E-state index is 0.455. The van der Waals surface area contributed by atoms with E-state index in [9.17, 15) is 0 Å². The summed E-state index contributed by atoms with van der Waals surface area (Å²) >= 11 is 7.79. The van der Waals surface area contributed by atoms with Crippen LogP contribution in [0.2, 0.25) is 4.34 Å². The molecule has 0 saturated heterocycles. The molecule has 1 unspecified atom stereocenters. The zero-order valence-electron chi connectivity index (χ0n) is 10.2. The van der Waals surface area contributed by atoms with E-state index in [2.05, 4.69) is 29.4 Å². The van der Waals surface area contributed by atoms with Gasteiger partial charge < -0.3 is 5.32 Å². The third-order valence-corrected chi connectivity index (χ3v) is 4.86. The lowest BCUT2D eigenvalue weighted by Crippen LogP contribution is -2.19. The first-order chi connectivity index (χ1) is 8.74. The van der Waals surface area contributed by atoms with Gasteiger partial charge in [-0.1, -0.05) is 11.6 Å². The highest BCUT2D eigenvalue weighted by Crippen LogP contribution is 2.39. The van der Waals surface area contributed by atoms with Gasteiger partial charge in [-0.25, -0.2) is 0 Å². The molecule has 94 valence electrons. The third-order valence-electron chi connectivity index (χ3n) is 3.52. The molecule has 1 atom stereocenters. The van der Waals surface area contributed by atoms with Crippen LogP contribution in [0, 0.1) is 6.92 Å². The van der Waals surface area contributed by atoms with Crippen LogP contribution in [0.1, 0.15) is 34.0 Å². The maximum atomic E-state index is 6.07. The molecule has 2 aromatic rings. The highest BCUT2D eigenvalue weighted by molar-refractivity contribution is 7.16. The molecular formula is C14H15ClN2S. The van der Waals surface area contributed by atoms with Gasteiger partial charge >= 0.3 is 0 Å². The number of fused-ring (bicyclic) bond motifs is 1. The van der Waals surface area contributed by atoms with Crippen molar-refractivity contribution in [3.63, 3.8) is 0 Å². The summed E-state index contributed by atoms with van der Waals surface area (Å²) in [7, 11) is 0. The molecule has 3 rings (SSSR count). The van der Waals surface area contributed by atoms with Crippen molar-refractivity contribution in [2.24, 2.45) is 0 Å². The zero-order valence-corrected chi connectivity index (χ0v) is 11.8. The number of aromatic nitrogens is 1. The van der Waals surface area contributed by atoms with E-state index in [1.807, 2.05) is 12.4 Å². The van der Waals surface area contributed by atoms with Crippen LogP contribution in [-0.2, 0) is 13.0 Å². The molecule has 18 heavy (non-hydrogen) atoms. The van der Waals surface area contributed by atoms with E-state index in [0.29, 0.717) is 6.04 Å². The Hall–Kier alpha value is -0.900. The average Bonchev–Trinajstić information content (AvgIpc) is 2.88. The van der Waals surface area contributed by atoms with Gasteiger partial charge in [0.1, 0.15) is 0 Å². The number of pyridine rings is 1. The summed E-state index contributed by atoms with van der Waals surface area (Å²) in [5.41, 5.74) is 3.96. The van der Waals surface area contributed by atoms with Gasteiger partial charge in [-0.05, 0) is 48.6 Å². The van der Waals surface area contributed by atoms with Crippen molar-refractivity contribution >= 4 is 22.9 Å². The molecule has 1 aliphatic rings. The van der Waals surface area contributed by atoms with E-state index in [-0.39, 0.29) is 0 Å². The van der Waals surface area contributed by atoms with Crippen LogP contribution >= 0.6 is 22.9 Å². The lowest BCUT2D eigenvalue weighted by atomic mass is 10.1. The fraction of sp³-hybridized carbons (Fsp3) is 0.357. The molecule has 0 saturated carbocycles. The van der Waals surface area contributed by atoms with Gasteiger partial charge in [0, 0.05) is 29.9 Å². The lowest BCUT2D eigenvalue weighted by molar-refractivity contribution is 0.529. The second-order valence-corrected chi connectivity index (χ2v) is 6.47. The van der Waals surface area contributed by atoms with Crippen molar-refractivity contribution in [3.8, 4) is 0 Å². The molecule has 2 aromatic heterocycles. The Kier molecular flexibility index (Phi) is 3.37. The van der Waals surface area contributed by atoms with Crippen LogP contribution < -0.4 is 5.32 Å². The highest BCUT2D eigenvalue weighted by Gasteiger charge is 2.24. The number of rotatable bonds is 3. The molecule has 1 aliphatic carbocycles. The van der Waals surface area contributed by atoms with E-state index in [1.165, 1.54) is 28.0 Å². The van der Waals surface area contributed by atoms with E-state index in [4.69, 9.17) is 11.6 Å². The molecule has 0 bridgehead atoms. The number of hydrogen-bond acceptors (Lipinski definition) is 3. The van der Waals surface area contributed by atoms with Crippen molar-refractivity contribution in [2.45, 2.75) is 32.4 Å². The number of nitrogens with one attached hydrogen (secondary N) is 1. The first-order valence-corrected chi connectivity index (χ1v) is 7.34. The summed E-state index contributed by atoms with van der Waals surface area (Å²) in [4.78, 5) is 5.57. The molecule has 2 heterocycles. The number of nitrogens with zero attached hydrogens (tertiary/aromatic N) is 1. The smallest absolute Gasteiger partial charge is 0.0934 e. The lowest BCUT2D eigenvalue weighted by Gasteiger charge is -2.14. The number of thiophene rings is 1. The summed E-state index contributed by atoms with van der Waals surface area (Å²) in [6.07, 6.45) is 6.10. The molecule has 4 heteroatoms. The Bertz CT molecular complexity index is 565. The number of hydrogen-bond donors (Lipinski definition) is 1.